The molecule has 1 aromatic rings. The first-order valence-corrected chi connectivity index (χ1v) is 7.14. The molecule has 1 aliphatic rings. The van der Waals surface area contributed by atoms with Gasteiger partial charge in [0.15, 0.2) is 0 Å². The predicted octanol–water partition coefficient (Wildman–Crippen LogP) is 3.42. The van der Waals surface area contributed by atoms with Crippen molar-refractivity contribution in [2.45, 2.75) is 32.7 Å². The van der Waals surface area contributed by atoms with Crippen LogP contribution in [0.5, 0.6) is 0 Å². The maximum absolute atomic E-state index is 11.5. The second-order valence-electron chi connectivity index (χ2n) is 5.38. The van der Waals surface area contributed by atoms with Gasteiger partial charge in [0.2, 0.25) is 0 Å². The van der Waals surface area contributed by atoms with E-state index in [1.807, 2.05) is 31.2 Å². The molecule has 1 aromatic carbocycles. The summed E-state index contributed by atoms with van der Waals surface area (Å²) in [5, 5.41) is 10.2. The molecule has 1 N–H and O–H groups in total. The molecular weight excluding hydrogens is 262 g/mol. The van der Waals surface area contributed by atoms with E-state index in [0.29, 0.717) is 13.0 Å². The van der Waals surface area contributed by atoms with Crippen LogP contribution in [0.2, 0.25) is 5.02 Å². The van der Waals surface area contributed by atoms with Gasteiger partial charge in [-0.2, -0.15) is 0 Å². The average Bonchev–Trinajstić information content (AvgIpc) is 2.38. The normalized spacial score (nSPS) is 24.3. The zero-order valence-corrected chi connectivity index (χ0v) is 12.0. The molecule has 1 heterocycles. The van der Waals surface area contributed by atoms with E-state index < -0.39 is 11.4 Å². The Morgan fingerprint density at radius 1 is 1.53 bits per heavy atom. The lowest BCUT2D eigenvalue weighted by molar-refractivity contribution is -0.153. The minimum Gasteiger partial charge on any atom is -0.481 e. The molecule has 104 valence electrons. The molecule has 19 heavy (non-hydrogen) atoms. The molecule has 0 spiro atoms. The summed E-state index contributed by atoms with van der Waals surface area (Å²) < 4.78 is 0. The monoisotopic (exact) mass is 281 g/mol. The van der Waals surface area contributed by atoms with Crippen molar-refractivity contribution in [2.24, 2.45) is 5.41 Å². The van der Waals surface area contributed by atoms with E-state index in [-0.39, 0.29) is 0 Å². The third-order valence-electron chi connectivity index (χ3n) is 4.08. The highest BCUT2D eigenvalue weighted by atomic mass is 35.5. The van der Waals surface area contributed by atoms with Gasteiger partial charge in [0.1, 0.15) is 0 Å². The molecule has 4 heteroatoms. The SMILES string of the molecule is CCC1(C(=O)O)CCCN(Cc2cccc(Cl)c2)C1. The van der Waals surface area contributed by atoms with Crippen molar-refractivity contribution in [3.63, 3.8) is 0 Å². The molecule has 1 fully saturated rings. The van der Waals surface area contributed by atoms with Crippen molar-refractivity contribution in [3.05, 3.63) is 34.9 Å². The summed E-state index contributed by atoms with van der Waals surface area (Å²) in [6.07, 6.45) is 2.42. The van der Waals surface area contributed by atoms with Crippen LogP contribution in [-0.2, 0) is 11.3 Å². The second kappa shape index (κ2) is 5.93. The summed E-state index contributed by atoms with van der Waals surface area (Å²) in [6.45, 7) is 4.33. The van der Waals surface area contributed by atoms with Crippen LogP contribution >= 0.6 is 11.6 Å². The number of carboxylic acid groups (broad SMARTS) is 1. The lowest BCUT2D eigenvalue weighted by Crippen LogP contribution is -2.47. The topological polar surface area (TPSA) is 40.5 Å². The number of carbonyl (C=O) groups is 1. The minimum absolute atomic E-state index is 0.573. The van der Waals surface area contributed by atoms with E-state index in [0.717, 1.165) is 36.5 Å². The van der Waals surface area contributed by atoms with Gasteiger partial charge in [0.05, 0.1) is 5.41 Å². The van der Waals surface area contributed by atoms with E-state index in [4.69, 9.17) is 11.6 Å². The Kier molecular flexibility index (Phi) is 4.48. The van der Waals surface area contributed by atoms with Gasteiger partial charge in [-0.05, 0) is 43.5 Å². The number of aliphatic carboxylic acids is 1. The minimum atomic E-state index is -0.661. The standard InChI is InChI=1S/C15H20ClNO2/c1-2-15(14(18)19)7-4-8-17(11-15)10-12-5-3-6-13(16)9-12/h3,5-6,9H,2,4,7-8,10-11H2,1H3,(H,18,19). The highest BCUT2D eigenvalue weighted by molar-refractivity contribution is 6.30. The molecule has 0 bridgehead atoms. The summed E-state index contributed by atoms with van der Waals surface area (Å²) in [5.41, 5.74) is 0.571. The summed E-state index contributed by atoms with van der Waals surface area (Å²) >= 11 is 5.98. The summed E-state index contributed by atoms with van der Waals surface area (Å²) in [7, 11) is 0. The molecule has 1 atom stereocenters. The fourth-order valence-electron chi connectivity index (χ4n) is 2.87. The molecule has 1 aliphatic heterocycles. The Morgan fingerprint density at radius 3 is 2.95 bits per heavy atom. The van der Waals surface area contributed by atoms with Gasteiger partial charge in [-0.15, -0.1) is 0 Å². The largest absolute Gasteiger partial charge is 0.481 e. The second-order valence-corrected chi connectivity index (χ2v) is 5.82. The highest BCUT2D eigenvalue weighted by Crippen LogP contribution is 2.34. The first-order valence-electron chi connectivity index (χ1n) is 6.76. The van der Waals surface area contributed by atoms with Gasteiger partial charge in [-0.1, -0.05) is 30.7 Å². The average molecular weight is 282 g/mol. The Labute approximate surface area is 119 Å². The Morgan fingerprint density at radius 2 is 2.32 bits per heavy atom. The molecule has 0 aliphatic carbocycles. The van der Waals surface area contributed by atoms with Crippen molar-refractivity contribution < 1.29 is 9.90 Å². The van der Waals surface area contributed by atoms with Crippen molar-refractivity contribution in [1.29, 1.82) is 0 Å². The molecule has 1 saturated heterocycles. The van der Waals surface area contributed by atoms with Crippen LogP contribution in [-0.4, -0.2) is 29.1 Å². The van der Waals surface area contributed by atoms with Crippen LogP contribution in [0.25, 0.3) is 0 Å². The van der Waals surface area contributed by atoms with Crippen LogP contribution in [0.4, 0.5) is 0 Å². The smallest absolute Gasteiger partial charge is 0.310 e. The lowest BCUT2D eigenvalue weighted by Gasteiger charge is -2.39. The number of likely N-dealkylation sites (tertiary alicyclic amines) is 1. The zero-order chi connectivity index (χ0) is 13.9. The summed E-state index contributed by atoms with van der Waals surface area (Å²) in [5.74, 6) is -0.661. The number of benzene rings is 1. The molecule has 3 nitrogen and oxygen atoms in total. The van der Waals surface area contributed by atoms with E-state index in [1.165, 1.54) is 0 Å². The number of nitrogens with zero attached hydrogens (tertiary/aromatic N) is 1. The predicted molar refractivity (Wildman–Crippen MR) is 76.3 cm³/mol. The van der Waals surface area contributed by atoms with Gasteiger partial charge >= 0.3 is 5.97 Å². The van der Waals surface area contributed by atoms with Gasteiger partial charge in [-0.25, -0.2) is 0 Å². The van der Waals surface area contributed by atoms with Crippen LogP contribution < -0.4 is 0 Å². The highest BCUT2D eigenvalue weighted by Gasteiger charge is 2.40. The number of hydrogen-bond donors (Lipinski definition) is 1. The molecule has 0 amide bonds. The molecule has 0 radical (unpaired) electrons. The molecule has 0 aromatic heterocycles. The first-order chi connectivity index (χ1) is 9.05. The van der Waals surface area contributed by atoms with E-state index >= 15 is 0 Å². The first kappa shape index (κ1) is 14.4. The van der Waals surface area contributed by atoms with Crippen molar-refractivity contribution in [1.82, 2.24) is 4.90 Å². The van der Waals surface area contributed by atoms with Crippen LogP contribution in [0.1, 0.15) is 31.7 Å². The van der Waals surface area contributed by atoms with Gasteiger partial charge in [0, 0.05) is 18.1 Å². The van der Waals surface area contributed by atoms with Crippen LogP contribution in [0.3, 0.4) is 0 Å². The number of hydrogen-bond acceptors (Lipinski definition) is 2. The lowest BCUT2D eigenvalue weighted by atomic mass is 9.77. The Balaban J connectivity index is 2.07. The van der Waals surface area contributed by atoms with Crippen LogP contribution in [0, 0.1) is 5.41 Å². The number of rotatable bonds is 4. The van der Waals surface area contributed by atoms with Gasteiger partial charge in [0.25, 0.3) is 0 Å². The Bertz CT molecular complexity index is 463. The third kappa shape index (κ3) is 3.28. The van der Waals surface area contributed by atoms with Crippen molar-refractivity contribution >= 4 is 17.6 Å². The molecule has 0 saturated carbocycles. The number of carboxylic acids is 1. The maximum atomic E-state index is 11.5. The fraction of sp³-hybridized carbons (Fsp3) is 0.533. The van der Waals surface area contributed by atoms with Crippen molar-refractivity contribution in [3.8, 4) is 0 Å². The van der Waals surface area contributed by atoms with E-state index in [2.05, 4.69) is 4.90 Å². The van der Waals surface area contributed by atoms with Gasteiger partial charge in [-0.3, -0.25) is 9.69 Å². The molecule has 2 rings (SSSR count). The fourth-order valence-corrected chi connectivity index (χ4v) is 3.08. The zero-order valence-electron chi connectivity index (χ0n) is 11.2. The quantitative estimate of drug-likeness (QED) is 0.919. The van der Waals surface area contributed by atoms with E-state index in [9.17, 15) is 9.90 Å². The summed E-state index contributed by atoms with van der Waals surface area (Å²) in [4.78, 5) is 13.7. The molecular formula is C15H20ClNO2. The Hall–Kier alpha value is -1.06. The number of halogens is 1. The van der Waals surface area contributed by atoms with E-state index in [1.54, 1.807) is 0 Å². The van der Waals surface area contributed by atoms with Gasteiger partial charge < -0.3 is 5.11 Å². The van der Waals surface area contributed by atoms with Crippen molar-refractivity contribution in [2.75, 3.05) is 13.1 Å². The molecule has 1 unspecified atom stereocenters. The summed E-state index contributed by atoms with van der Waals surface area (Å²) in [6, 6.07) is 7.78. The maximum Gasteiger partial charge on any atom is 0.310 e. The number of piperidine rings is 1. The van der Waals surface area contributed by atoms with Crippen LogP contribution in [0.15, 0.2) is 24.3 Å². The third-order valence-corrected chi connectivity index (χ3v) is 4.32.